The van der Waals surface area contributed by atoms with Gasteiger partial charge < -0.3 is 15.5 Å². The molecule has 8 nitrogen and oxygen atoms in total. The van der Waals surface area contributed by atoms with Gasteiger partial charge in [0.1, 0.15) is 0 Å². The number of hydrogen-bond acceptors (Lipinski definition) is 7. The van der Waals surface area contributed by atoms with Gasteiger partial charge in [-0.05, 0) is 19.8 Å². The average molecular weight is 288 g/mol. The van der Waals surface area contributed by atoms with Gasteiger partial charge in [0.2, 0.25) is 17.8 Å². The molecule has 0 spiro atoms. The van der Waals surface area contributed by atoms with Gasteiger partial charge in [-0.1, -0.05) is 0 Å². The standard InChI is InChI=1S/C13H20N8/c1-3-14-11-16-12(15-10-6-9-20(2)19-10)18-13(17-11)21-7-4-5-8-21/h6,9H,3-5,7-8H2,1-2H3,(H2,14,15,16,17,18,19). The fourth-order valence-electron chi connectivity index (χ4n) is 2.31. The Kier molecular flexibility index (Phi) is 3.85. The first-order chi connectivity index (χ1) is 10.2. The van der Waals surface area contributed by atoms with Crippen molar-refractivity contribution in [2.24, 2.45) is 7.05 Å². The topological polar surface area (TPSA) is 83.8 Å². The molecule has 2 aromatic heterocycles. The fraction of sp³-hybridized carbons (Fsp3) is 0.538. The van der Waals surface area contributed by atoms with Gasteiger partial charge in [-0.3, -0.25) is 4.68 Å². The Balaban J connectivity index is 1.86. The van der Waals surface area contributed by atoms with Crippen LogP contribution in [-0.4, -0.2) is 44.4 Å². The van der Waals surface area contributed by atoms with E-state index in [-0.39, 0.29) is 0 Å². The van der Waals surface area contributed by atoms with Crippen molar-refractivity contribution in [1.29, 1.82) is 0 Å². The van der Waals surface area contributed by atoms with Crippen LogP contribution in [0, 0.1) is 0 Å². The fourth-order valence-corrected chi connectivity index (χ4v) is 2.31. The zero-order valence-electron chi connectivity index (χ0n) is 12.4. The molecule has 1 fully saturated rings. The maximum atomic E-state index is 4.51. The summed E-state index contributed by atoms with van der Waals surface area (Å²) in [6, 6.07) is 1.88. The van der Waals surface area contributed by atoms with E-state index in [4.69, 9.17) is 0 Å². The molecule has 0 aromatic carbocycles. The quantitative estimate of drug-likeness (QED) is 0.859. The summed E-state index contributed by atoms with van der Waals surface area (Å²) in [7, 11) is 1.87. The number of anilines is 4. The molecule has 3 rings (SSSR count). The second-order valence-corrected chi connectivity index (χ2v) is 5.01. The van der Waals surface area contributed by atoms with Crippen LogP contribution in [-0.2, 0) is 7.05 Å². The number of aryl methyl sites for hydroxylation is 1. The van der Waals surface area contributed by atoms with Gasteiger partial charge in [-0.15, -0.1) is 0 Å². The molecule has 3 heterocycles. The Bertz CT molecular complexity index is 602. The summed E-state index contributed by atoms with van der Waals surface area (Å²) in [4.78, 5) is 15.5. The third kappa shape index (κ3) is 3.21. The van der Waals surface area contributed by atoms with E-state index in [1.54, 1.807) is 4.68 Å². The van der Waals surface area contributed by atoms with Crippen LogP contribution in [0.3, 0.4) is 0 Å². The van der Waals surface area contributed by atoms with Gasteiger partial charge in [0.15, 0.2) is 5.82 Å². The highest BCUT2D eigenvalue weighted by molar-refractivity contribution is 5.51. The first-order valence-electron chi connectivity index (χ1n) is 7.26. The first-order valence-corrected chi connectivity index (χ1v) is 7.26. The normalized spacial score (nSPS) is 14.5. The largest absolute Gasteiger partial charge is 0.354 e. The molecular weight excluding hydrogens is 268 g/mol. The molecule has 21 heavy (non-hydrogen) atoms. The van der Waals surface area contributed by atoms with Crippen molar-refractivity contribution in [3.8, 4) is 0 Å². The number of nitrogens with one attached hydrogen (secondary N) is 2. The predicted octanol–water partition coefficient (Wildman–Crippen LogP) is 1.38. The molecule has 2 N–H and O–H groups in total. The molecule has 1 aliphatic heterocycles. The summed E-state index contributed by atoms with van der Waals surface area (Å²) >= 11 is 0. The van der Waals surface area contributed by atoms with Crippen molar-refractivity contribution >= 4 is 23.7 Å². The van der Waals surface area contributed by atoms with Crippen molar-refractivity contribution in [2.75, 3.05) is 35.2 Å². The highest BCUT2D eigenvalue weighted by atomic mass is 15.4. The Hall–Kier alpha value is -2.38. The molecule has 0 amide bonds. The summed E-state index contributed by atoms with van der Waals surface area (Å²) in [5, 5.41) is 10.6. The van der Waals surface area contributed by atoms with E-state index in [1.807, 2.05) is 26.2 Å². The van der Waals surface area contributed by atoms with Crippen LogP contribution < -0.4 is 15.5 Å². The van der Waals surface area contributed by atoms with Gasteiger partial charge in [0.05, 0.1) is 0 Å². The SMILES string of the molecule is CCNc1nc(Nc2ccn(C)n2)nc(N2CCCC2)n1. The van der Waals surface area contributed by atoms with E-state index < -0.39 is 0 Å². The van der Waals surface area contributed by atoms with Crippen LogP contribution >= 0.6 is 0 Å². The van der Waals surface area contributed by atoms with Crippen LogP contribution in [0.1, 0.15) is 19.8 Å². The summed E-state index contributed by atoms with van der Waals surface area (Å²) in [6.07, 6.45) is 4.24. The van der Waals surface area contributed by atoms with Crippen LogP contribution in [0.25, 0.3) is 0 Å². The summed E-state index contributed by atoms with van der Waals surface area (Å²) in [6.45, 7) is 4.79. The minimum absolute atomic E-state index is 0.515. The molecule has 0 saturated carbocycles. The zero-order valence-corrected chi connectivity index (χ0v) is 12.4. The van der Waals surface area contributed by atoms with Crippen molar-refractivity contribution in [3.05, 3.63) is 12.3 Å². The van der Waals surface area contributed by atoms with Crippen LogP contribution in [0.15, 0.2) is 12.3 Å². The zero-order chi connectivity index (χ0) is 14.7. The molecular formula is C13H20N8. The van der Waals surface area contributed by atoms with E-state index in [2.05, 4.69) is 35.6 Å². The molecule has 112 valence electrons. The minimum Gasteiger partial charge on any atom is -0.354 e. The second-order valence-electron chi connectivity index (χ2n) is 5.01. The van der Waals surface area contributed by atoms with E-state index in [0.717, 1.165) is 31.4 Å². The molecule has 8 heteroatoms. The highest BCUT2D eigenvalue weighted by Gasteiger charge is 2.17. The lowest BCUT2D eigenvalue weighted by Crippen LogP contribution is -2.22. The lowest BCUT2D eigenvalue weighted by atomic mass is 10.4. The molecule has 0 unspecified atom stereocenters. The average Bonchev–Trinajstić information content (AvgIpc) is 3.11. The third-order valence-corrected chi connectivity index (χ3v) is 3.30. The maximum absolute atomic E-state index is 4.51. The molecule has 0 atom stereocenters. The highest BCUT2D eigenvalue weighted by Crippen LogP contribution is 2.20. The van der Waals surface area contributed by atoms with Gasteiger partial charge in [0, 0.05) is 38.9 Å². The van der Waals surface area contributed by atoms with Crippen LogP contribution in [0.5, 0.6) is 0 Å². The monoisotopic (exact) mass is 288 g/mol. The number of hydrogen-bond donors (Lipinski definition) is 2. The predicted molar refractivity (Wildman–Crippen MR) is 81.9 cm³/mol. The molecule has 0 aliphatic carbocycles. The van der Waals surface area contributed by atoms with E-state index in [9.17, 15) is 0 Å². The first kappa shape index (κ1) is 13.6. The molecule has 0 radical (unpaired) electrons. The van der Waals surface area contributed by atoms with Gasteiger partial charge in [-0.25, -0.2) is 0 Å². The second kappa shape index (κ2) is 5.94. The number of nitrogens with zero attached hydrogens (tertiary/aromatic N) is 6. The molecule has 2 aromatic rings. The Morgan fingerprint density at radius 1 is 1.14 bits per heavy atom. The summed E-state index contributed by atoms with van der Waals surface area (Å²) in [5.74, 6) is 2.55. The van der Waals surface area contributed by atoms with E-state index in [1.165, 1.54) is 12.8 Å². The summed E-state index contributed by atoms with van der Waals surface area (Å²) in [5.41, 5.74) is 0. The lowest BCUT2D eigenvalue weighted by Gasteiger charge is -2.16. The van der Waals surface area contributed by atoms with Crippen LogP contribution in [0.2, 0.25) is 0 Å². The van der Waals surface area contributed by atoms with E-state index in [0.29, 0.717) is 11.9 Å². The smallest absolute Gasteiger partial charge is 0.235 e. The maximum Gasteiger partial charge on any atom is 0.235 e. The molecule has 0 bridgehead atoms. The lowest BCUT2D eigenvalue weighted by molar-refractivity contribution is 0.770. The van der Waals surface area contributed by atoms with Gasteiger partial charge in [0.25, 0.3) is 0 Å². The van der Waals surface area contributed by atoms with Crippen molar-refractivity contribution in [2.45, 2.75) is 19.8 Å². The third-order valence-electron chi connectivity index (χ3n) is 3.30. The Morgan fingerprint density at radius 3 is 2.57 bits per heavy atom. The van der Waals surface area contributed by atoms with E-state index >= 15 is 0 Å². The van der Waals surface area contributed by atoms with Crippen molar-refractivity contribution < 1.29 is 0 Å². The molecule has 1 aliphatic rings. The van der Waals surface area contributed by atoms with Crippen molar-refractivity contribution in [3.63, 3.8) is 0 Å². The Labute approximate surface area is 123 Å². The Morgan fingerprint density at radius 2 is 1.90 bits per heavy atom. The van der Waals surface area contributed by atoms with Gasteiger partial charge in [-0.2, -0.15) is 20.1 Å². The minimum atomic E-state index is 0.515. The van der Waals surface area contributed by atoms with Crippen molar-refractivity contribution in [1.82, 2.24) is 24.7 Å². The number of rotatable bonds is 5. The summed E-state index contributed by atoms with van der Waals surface area (Å²) < 4.78 is 1.73. The van der Waals surface area contributed by atoms with Gasteiger partial charge >= 0.3 is 0 Å². The van der Waals surface area contributed by atoms with Crippen LogP contribution in [0.4, 0.5) is 23.7 Å². The molecule has 1 saturated heterocycles. The number of aromatic nitrogens is 5.